The van der Waals surface area contributed by atoms with Gasteiger partial charge in [-0.3, -0.25) is 19.0 Å². The first kappa shape index (κ1) is 41.1. The Bertz CT molecular complexity index is 428. The molecule has 0 saturated carbocycles. The summed E-state index contributed by atoms with van der Waals surface area (Å²) in [5, 5.41) is 0. The van der Waals surface area contributed by atoms with Gasteiger partial charge in [0.1, 0.15) is 0 Å². The van der Waals surface area contributed by atoms with Crippen LogP contribution < -0.4 is 0 Å². The predicted octanol–water partition coefficient (Wildman–Crippen LogP) is 6.09. The van der Waals surface area contributed by atoms with Crippen molar-refractivity contribution < 1.29 is 46.9 Å². The first-order chi connectivity index (χ1) is 15.2. The maximum absolute atomic E-state index is 4.19. The number of hydrogen-bond donors (Lipinski definition) is 0. The fourth-order valence-electron chi connectivity index (χ4n) is 2.22. The van der Waals surface area contributed by atoms with Crippen LogP contribution in [0.5, 0.6) is 0 Å². The second kappa shape index (κ2) is 26.0. The Morgan fingerprint density at radius 2 is 0.618 bits per heavy atom. The third-order valence-electron chi connectivity index (χ3n) is 4.23. The number of hydrogen-bond acceptors (Lipinski definition) is 3. The molecule has 0 saturated heterocycles. The van der Waals surface area contributed by atoms with Crippen LogP contribution >= 0.6 is 0 Å². The molecule has 209 valence electrons. The molecule has 0 aliphatic heterocycles. The van der Waals surface area contributed by atoms with E-state index in [0.717, 1.165) is 19.6 Å². The van der Waals surface area contributed by atoms with Gasteiger partial charge in [0.05, 0.1) is 0 Å². The first-order valence-electron chi connectivity index (χ1n) is 12.9. The summed E-state index contributed by atoms with van der Waals surface area (Å²) in [6, 6.07) is 2.56. The Kier molecular flexibility index (Phi) is 31.4. The molecule has 1 radical (unpaired) electrons. The molecule has 0 aliphatic carbocycles. The molecule has 0 N–H and O–H groups in total. The fraction of sp³-hybridized carbons (Fsp3) is 0.889. The van der Waals surface area contributed by atoms with Crippen LogP contribution in [0.15, 0.2) is 15.0 Å². The van der Waals surface area contributed by atoms with Gasteiger partial charge in [-0.25, -0.2) is 0 Å². The van der Waals surface area contributed by atoms with Gasteiger partial charge < -0.3 is 29.7 Å². The summed E-state index contributed by atoms with van der Waals surface area (Å²) in [6.45, 7) is 34.5. The first-order valence-corrected chi connectivity index (χ1v) is 12.9. The van der Waals surface area contributed by atoms with Crippen LogP contribution in [0.4, 0.5) is 0 Å². The Hall–Kier alpha value is -0.0705. The van der Waals surface area contributed by atoms with Crippen molar-refractivity contribution in [2.45, 2.75) is 140 Å². The van der Waals surface area contributed by atoms with Gasteiger partial charge in [-0.2, -0.15) is 0 Å². The van der Waals surface area contributed by atoms with E-state index in [9.17, 15) is 0 Å². The topological polar surface area (TPSA) is 46.8 Å². The SMILES string of the molecule is CCN([C-]=NC(C)C)C(C)C.CCN([C-]=NC(C)C)C(C)C.CCN([C-]=NC(C)C)C(C)C.[Yb+3]. The zero-order valence-corrected chi connectivity index (χ0v) is 26.8. The molecule has 0 bridgehead atoms. The molecule has 0 fully saturated rings. The summed E-state index contributed by atoms with van der Waals surface area (Å²) in [6.07, 6.45) is 9.08. The van der Waals surface area contributed by atoms with Crippen LogP contribution in [-0.4, -0.2) is 89.6 Å². The molecular formula is C27H57N6Yb. The van der Waals surface area contributed by atoms with E-state index in [2.05, 4.69) is 153 Å². The van der Waals surface area contributed by atoms with Crippen molar-refractivity contribution >= 4 is 19.0 Å². The summed E-state index contributed by atoms with van der Waals surface area (Å²) < 4.78 is 0. The molecule has 0 aliphatic rings. The molecular weight excluding hydrogens is 581 g/mol. The largest absolute Gasteiger partial charge is 3.00 e. The van der Waals surface area contributed by atoms with Crippen LogP contribution in [0.2, 0.25) is 0 Å². The molecule has 0 heterocycles. The van der Waals surface area contributed by atoms with Gasteiger partial charge in [-0.1, -0.05) is 20.8 Å². The third kappa shape index (κ3) is 28.2. The van der Waals surface area contributed by atoms with Crippen molar-refractivity contribution in [3.05, 3.63) is 0 Å². The average Bonchev–Trinajstić information content (AvgIpc) is 2.69. The van der Waals surface area contributed by atoms with E-state index >= 15 is 0 Å². The minimum Gasteiger partial charge on any atom is -0.536 e. The van der Waals surface area contributed by atoms with E-state index in [4.69, 9.17) is 0 Å². The average molecular weight is 639 g/mol. The predicted molar refractivity (Wildman–Crippen MR) is 150 cm³/mol. The van der Waals surface area contributed by atoms with Gasteiger partial charge in [0, 0.05) is 18.1 Å². The summed E-state index contributed by atoms with van der Waals surface area (Å²) >= 11 is 0. The second-order valence-electron chi connectivity index (χ2n) is 9.61. The monoisotopic (exact) mass is 639 g/mol. The van der Waals surface area contributed by atoms with Crippen LogP contribution in [0, 0.1) is 46.9 Å². The summed E-state index contributed by atoms with van der Waals surface area (Å²) in [5.74, 6) is 0. The molecule has 7 heteroatoms. The molecule has 34 heavy (non-hydrogen) atoms. The fourth-order valence-corrected chi connectivity index (χ4v) is 2.22. The van der Waals surface area contributed by atoms with Crippen molar-refractivity contribution in [3.8, 4) is 0 Å². The van der Waals surface area contributed by atoms with Gasteiger partial charge in [0.25, 0.3) is 0 Å². The molecule has 0 spiro atoms. The second-order valence-corrected chi connectivity index (χ2v) is 9.61. The molecule has 6 nitrogen and oxygen atoms in total. The van der Waals surface area contributed by atoms with Crippen molar-refractivity contribution in [2.75, 3.05) is 19.6 Å². The molecule has 0 amide bonds. The van der Waals surface area contributed by atoms with E-state index in [-0.39, 0.29) is 46.9 Å². The summed E-state index contributed by atoms with van der Waals surface area (Å²) in [5.41, 5.74) is 0. The van der Waals surface area contributed by atoms with E-state index in [1.165, 1.54) is 0 Å². The minimum absolute atomic E-state index is 0. The maximum Gasteiger partial charge on any atom is 3.00 e. The van der Waals surface area contributed by atoms with Crippen molar-refractivity contribution in [1.82, 2.24) is 14.7 Å². The van der Waals surface area contributed by atoms with Crippen LogP contribution in [0.1, 0.15) is 104 Å². The standard InChI is InChI=1S/3C9H19N2.Yb/c3*1-6-11(9(4)5)7-10-8(2)3;/h3*8-9H,6H2,1-5H3;/q3*-1;+3. The molecule has 0 atom stereocenters. The van der Waals surface area contributed by atoms with Gasteiger partial charge in [0.2, 0.25) is 0 Å². The normalized spacial score (nSPS) is 11.6. The van der Waals surface area contributed by atoms with Gasteiger partial charge in [0.15, 0.2) is 0 Å². The molecule has 0 unspecified atom stereocenters. The van der Waals surface area contributed by atoms with Crippen LogP contribution in [0.3, 0.4) is 0 Å². The van der Waals surface area contributed by atoms with E-state index in [0.29, 0.717) is 36.3 Å². The van der Waals surface area contributed by atoms with Gasteiger partial charge >= 0.3 is 46.9 Å². The van der Waals surface area contributed by atoms with Crippen LogP contribution in [-0.2, 0) is 0 Å². The third-order valence-corrected chi connectivity index (χ3v) is 4.23. The Morgan fingerprint density at radius 3 is 0.706 bits per heavy atom. The quantitative estimate of drug-likeness (QED) is 0.113. The molecule has 0 aromatic carbocycles. The van der Waals surface area contributed by atoms with E-state index in [1.54, 1.807) is 0 Å². The Morgan fingerprint density at radius 1 is 0.441 bits per heavy atom. The van der Waals surface area contributed by atoms with Gasteiger partial charge in [-0.15, -0.1) is 0 Å². The van der Waals surface area contributed by atoms with Crippen LogP contribution in [0.25, 0.3) is 0 Å². The maximum atomic E-state index is 4.19. The molecule has 0 aromatic rings. The summed E-state index contributed by atoms with van der Waals surface area (Å²) in [4.78, 5) is 18.9. The minimum atomic E-state index is 0. The van der Waals surface area contributed by atoms with E-state index < -0.39 is 0 Å². The smallest absolute Gasteiger partial charge is 0.536 e. The van der Waals surface area contributed by atoms with Crippen molar-refractivity contribution in [2.24, 2.45) is 15.0 Å². The molecule has 0 rings (SSSR count). The summed E-state index contributed by atoms with van der Waals surface area (Å²) in [7, 11) is 0. The number of rotatable bonds is 12. The zero-order chi connectivity index (χ0) is 26.6. The van der Waals surface area contributed by atoms with Crippen molar-refractivity contribution in [3.63, 3.8) is 0 Å². The number of aliphatic imine (C=N–C) groups is 3. The molecule has 0 aromatic heterocycles. The van der Waals surface area contributed by atoms with Gasteiger partial charge in [-0.05, 0) is 121 Å². The zero-order valence-electron chi connectivity index (χ0n) is 25.0. The number of nitrogens with zero attached hydrogens (tertiary/aromatic N) is 6. The van der Waals surface area contributed by atoms with E-state index in [1.807, 2.05) is 0 Å². The van der Waals surface area contributed by atoms with Crippen molar-refractivity contribution in [1.29, 1.82) is 0 Å². The Labute approximate surface area is 253 Å². The Balaban J connectivity index is -0.000000196.